The highest BCUT2D eigenvalue weighted by molar-refractivity contribution is 6.36. The molecule has 4 rings (SSSR count). The first-order chi connectivity index (χ1) is 13.1. The van der Waals surface area contributed by atoms with Gasteiger partial charge in [-0.05, 0) is 30.3 Å². The minimum absolute atomic E-state index is 0.178. The van der Waals surface area contributed by atoms with E-state index in [2.05, 4.69) is 15.0 Å². The van der Waals surface area contributed by atoms with Gasteiger partial charge in [-0.3, -0.25) is 0 Å². The van der Waals surface area contributed by atoms with Gasteiger partial charge in [0.25, 0.3) is 5.89 Å². The molecule has 0 atom stereocenters. The number of para-hydroxylation sites is 1. The Kier molecular flexibility index (Phi) is 5.29. The molecule has 27 heavy (non-hydrogen) atoms. The number of nitrogens with zero attached hydrogens (tertiary/aromatic N) is 3. The molecule has 1 aromatic heterocycles. The zero-order valence-corrected chi connectivity index (χ0v) is 16.0. The van der Waals surface area contributed by atoms with Crippen molar-refractivity contribution in [3.8, 4) is 11.4 Å². The highest BCUT2D eigenvalue weighted by atomic mass is 35.5. The van der Waals surface area contributed by atoms with Crippen LogP contribution >= 0.6 is 23.2 Å². The molecule has 1 N–H and O–H groups in total. The van der Waals surface area contributed by atoms with E-state index >= 15 is 0 Å². The standard InChI is InChI=1S/C19H17Cl2FN4O/c20-13-5-6-14(15(21)11-13)19-23-18(27-24-19)12-25-7-9-26(10-8-25)17-4-2-1-3-16(17)22/h1-6,11H,7-10,12H2/p+1. The second-order valence-electron chi connectivity index (χ2n) is 6.50. The van der Waals surface area contributed by atoms with Crippen molar-refractivity contribution in [1.29, 1.82) is 0 Å². The maximum Gasteiger partial charge on any atom is 0.282 e. The summed E-state index contributed by atoms with van der Waals surface area (Å²) in [5.74, 6) is 0.837. The van der Waals surface area contributed by atoms with Crippen LogP contribution in [0.4, 0.5) is 10.1 Å². The smallest absolute Gasteiger partial charge is 0.282 e. The van der Waals surface area contributed by atoms with Gasteiger partial charge in [0.2, 0.25) is 5.82 Å². The van der Waals surface area contributed by atoms with E-state index in [0.717, 1.165) is 26.2 Å². The number of piperazine rings is 1. The van der Waals surface area contributed by atoms with E-state index in [1.807, 2.05) is 12.1 Å². The monoisotopic (exact) mass is 407 g/mol. The number of anilines is 1. The predicted octanol–water partition coefficient (Wildman–Crippen LogP) is 3.09. The molecule has 0 unspecified atom stereocenters. The summed E-state index contributed by atoms with van der Waals surface area (Å²) in [6, 6.07) is 12.1. The van der Waals surface area contributed by atoms with Crippen LogP contribution in [0.2, 0.25) is 10.0 Å². The summed E-state index contributed by atoms with van der Waals surface area (Å²) in [5, 5.41) is 5.08. The maximum absolute atomic E-state index is 13.9. The summed E-state index contributed by atoms with van der Waals surface area (Å²) in [6.45, 7) is 3.92. The highest BCUT2D eigenvalue weighted by Crippen LogP contribution is 2.28. The van der Waals surface area contributed by atoms with Gasteiger partial charge in [0.15, 0.2) is 6.54 Å². The van der Waals surface area contributed by atoms with Gasteiger partial charge in [-0.15, -0.1) is 0 Å². The fraction of sp³-hybridized carbons (Fsp3) is 0.263. The van der Waals surface area contributed by atoms with Crippen molar-refractivity contribution >= 4 is 28.9 Å². The van der Waals surface area contributed by atoms with Gasteiger partial charge in [-0.25, -0.2) is 4.39 Å². The van der Waals surface area contributed by atoms with Crippen molar-refractivity contribution in [3.05, 3.63) is 64.2 Å². The molecule has 1 fully saturated rings. The number of hydrogen-bond acceptors (Lipinski definition) is 4. The average molecular weight is 408 g/mol. The summed E-state index contributed by atoms with van der Waals surface area (Å²) in [5.41, 5.74) is 1.35. The van der Waals surface area contributed by atoms with Crippen LogP contribution in [0.15, 0.2) is 47.0 Å². The quantitative estimate of drug-likeness (QED) is 0.721. The van der Waals surface area contributed by atoms with Crippen LogP contribution < -0.4 is 9.80 Å². The SMILES string of the molecule is Fc1ccccc1N1CC[NH+](Cc2nc(-c3ccc(Cl)cc3Cl)no2)CC1. The molecule has 0 aliphatic carbocycles. The number of halogens is 3. The topological polar surface area (TPSA) is 46.6 Å². The van der Waals surface area contributed by atoms with E-state index in [1.54, 1.807) is 24.3 Å². The van der Waals surface area contributed by atoms with Crippen molar-refractivity contribution < 1.29 is 13.8 Å². The summed E-state index contributed by atoms with van der Waals surface area (Å²) < 4.78 is 19.3. The molecule has 0 bridgehead atoms. The molecule has 140 valence electrons. The Bertz CT molecular complexity index is 941. The third-order valence-corrected chi connectivity index (χ3v) is 5.25. The molecule has 1 saturated heterocycles. The van der Waals surface area contributed by atoms with Gasteiger partial charge in [0, 0.05) is 10.6 Å². The Hall–Kier alpha value is -2.15. The maximum atomic E-state index is 13.9. The lowest BCUT2D eigenvalue weighted by Crippen LogP contribution is -3.13. The molecule has 1 aliphatic heterocycles. The fourth-order valence-electron chi connectivity index (χ4n) is 3.27. The normalized spacial score (nSPS) is 15.3. The molecule has 0 radical (unpaired) electrons. The van der Waals surface area contributed by atoms with Gasteiger partial charge in [0.1, 0.15) is 5.82 Å². The Morgan fingerprint density at radius 2 is 1.89 bits per heavy atom. The van der Waals surface area contributed by atoms with Crippen molar-refractivity contribution in [2.45, 2.75) is 6.54 Å². The largest absolute Gasteiger partial charge is 0.358 e. The molecule has 1 aliphatic rings. The first kappa shape index (κ1) is 18.2. The first-order valence-electron chi connectivity index (χ1n) is 8.71. The molecular formula is C19H18Cl2FN4O+. The van der Waals surface area contributed by atoms with Gasteiger partial charge in [0.05, 0.1) is 36.9 Å². The first-order valence-corrected chi connectivity index (χ1v) is 9.47. The lowest BCUT2D eigenvalue weighted by Gasteiger charge is -2.33. The van der Waals surface area contributed by atoms with E-state index in [-0.39, 0.29) is 5.82 Å². The molecule has 2 aromatic carbocycles. The van der Waals surface area contributed by atoms with E-state index in [0.29, 0.717) is 39.6 Å². The van der Waals surface area contributed by atoms with Crippen LogP contribution in [-0.2, 0) is 6.54 Å². The van der Waals surface area contributed by atoms with Crippen molar-refractivity contribution in [2.75, 3.05) is 31.1 Å². The van der Waals surface area contributed by atoms with E-state index in [4.69, 9.17) is 27.7 Å². The third kappa shape index (κ3) is 4.08. The molecule has 8 heteroatoms. The highest BCUT2D eigenvalue weighted by Gasteiger charge is 2.24. The number of aromatic nitrogens is 2. The summed E-state index contributed by atoms with van der Waals surface area (Å²) in [4.78, 5) is 7.85. The van der Waals surface area contributed by atoms with Gasteiger partial charge >= 0.3 is 0 Å². The number of quaternary nitrogens is 1. The lowest BCUT2D eigenvalue weighted by atomic mass is 10.2. The van der Waals surface area contributed by atoms with E-state index < -0.39 is 0 Å². The van der Waals surface area contributed by atoms with Crippen molar-refractivity contribution in [2.24, 2.45) is 0 Å². The molecular weight excluding hydrogens is 390 g/mol. The van der Waals surface area contributed by atoms with Crippen LogP contribution in [0.25, 0.3) is 11.4 Å². The summed E-state index contributed by atoms with van der Waals surface area (Å²) >= 11 is 12.1. The summed E-state index contributed by atoms with van der Waals surface area (Å²) in [6.07, 6.45) is 0. The van der Waals surface area contributed by atoms with Crippen LogP contribution in [0.1, 0.15) is 5.89 Å². The number of nitrogens with one attached hydrogen (secondary N) is 1. The molecule has 3 aromatic rings. The second-order valence-corrected chi connectivity index (χ2v) is 7.34. The molecule has 5 nitrogen and oxygen atoms in total. The second kappa shape index (κ2) is 7.84. The minimum atomic E-state index is -0.178. The average Bonchev–Trinajstić information content (AvgIpc) is 3.11. The van der Waals surface area contributed by atoms with Crippen LogP contribution in [0.5, 0.6) is 0 Å². The minimum Gasteiger partial charge on any atom is -0.358 e. The number of hydrogen-bond donors (Lipinski definition) is 1. The lowest BCUT2D eigenvalue weighted by molar-refractivity contribution is -0.915. The molecule has 0 spiro atoms. The van der Waals surface area contributed by atoms with E-state index in [1.165, 1.54) is 11.0 Å². The Balaban J connectivity index is 1.39. The zero-order valence-electron chi connectivity index (χ0n) is 14.5. The van der Waals surface area contributed by atoms with Gasteiger partial charge in [-0.1, -0.05) is 40.5 Å². The Morgan fingerprint density at radius 3 is 2.63 bits per heavy atom. The van der Waals surface area contributed by atoms with Crippen LogP contribution in [0, 0.1) is 5.82 Å². The van der Waals surface area contributed by atoms with Crippen molar-refractivity contribution in [1.82, 2.24) is 10.1 Å². The van der Waals surface area contributed by atoms with Gasteiger partial charge < -0.3 is 14.3 Å². The Labute approximate surface area is 166 Å². The number of benzene rings is 2. The van der Waals surface area contributed by atoms with Crippen molar-refractivity contribution in [3.63, 3.8) is 0 Å². The fourth-order valence-corrected chi connectivity index (χ4v) is 3.76. The summed E-state index contributed by atoms with van der Waals surface area (Å²) in [7, 11) is 0. The van der Waals surface area contributed by atoms with Gasteiger partial charge in [-0.2, -0.15) is 4.98 Å². The molecule has 2 heterocycles. The zero-order chi connectivity index (χ0) is 18.8. The molecule has 0 saturated carbocycles. The number of rotatable bonds is 4. The van der Waals surface area contributed by atoms with Crippen LogP contribution in [0.3, 0.4) is 0 Å². The predicted molar refractivity (Wildman–Crippen MR) is 103 cm³/mol. The molecule has 0 amide bonds. The third-order valence-electron chi connectivity index (χ3n) is 4.71. The Morgan fingerprint density at radius 1 is 1.11 bits per heavy atom. The van der Waals surface area contributed by atoms with E-state index in [9.17, 15) is 4.39 Å². The van der Waals surface area contributed by atoms with Crippen LogP contribution in [-0.4, -0.2) is 36.3 Å².